The lowest BCUT2D eigenvalue weighted by Crippen LogP contribution is -2.10. The number of nitrogens with zero attached hydrogens (tertiary/aromatic N) is 2. The number of rotatable bonds is 4. The molecule has 0 saturated heterocycles. The summed E-state index contributed by atoms with van der Waals surface area (Å²) in [5.74, 6) is 0.000846. The molecule has 1 N–H and O–H groups in total. The Morgan fingerprint density at radius 3 is 2.65 bits per heavy atom. The highest BCUT2D eigenvalue weighted by Crippen LogP contribution is 2.17. The summed E-state index contributed by atoms with van der Waals surface area (Å²) < 4.78 is 4.93. The van der Waals surface area contributed by atoms with Gasteiger partial charge >= 0.3 is 5.97 Å². The van der Waals surface area contributed by atoms with E-state index in [4.69, 9.17) is 16.3 Å². The fourth-order valence-corrected chi connectivity index (χ4v) is 1.72. The molecule has 0 unspecified atom stereocenters. The van der Waals surface area contributed by atoms with Crippen LogP contribution in [0, 0.1) is 6.92 Å². The van der Waals surface area contributed by atoms with Gasteiger partial charge in [-0.2, -0.15) is 0 Å². The van der Waals surface area contributed by atoms with Gasteiger partial charge in [0.15, 0.2) is 0 Å². The van der Waals surface area contributed by atoms with E-state index in [0.717, 1.165) is 5.69 Å². The number of hydrogen-bond donors (Lipinski definition) is 1. The zero-order chi connectivity index (χ0) is 14.5. The maximum Gasteiger partial charge on any atom is 0.341 e. The van der Waals surface area contributed by atoms with Crippen molar-refractivity contribution in [2.45, 2.75) is 13.8 Å². The van der Waals surface area contributed by atoms with Gasteiger partial charge in [0.25, 0.3) is 0 Å². The van der Waals surface area contributed by atoms with Gasteiger partial charge in [0.1, 0.15) is 0 Å². The normalized spacial score (nSPS) is 10.2. The average Bonchev–Trinajstić information content (AvgIpc) is 2.42. The number of carbonyl (C=O) groups excluding carboxylic acids is 1. The van der Waals surface area contributed by atoms with E-state index >= 15 is 0 Å². The Bertz CT molecular complexity index is 614. The summed E-state index contributed by atoms with van der Waals surface area (Å²) >= 11 is 5.81. The number of esters is 1. The second kappa shape index (κ2) is 6.34. The topological polar surface area (TPSA) is 64.1 Å². The lowest BCUT2D eigenvalue weighted by molar-refractivity contribution is 0.0524. The molecule has 0 atom stereocenters. The van der Waals surface area contributed by atoms with Crippen LogP contribution < -0.4 is 5.32 Å². The summed E-state index contributed by atoms with van der Waals surface area (Å²) in [5, 5.41) is 3.69. The third-order valence-corrected chi connectivity index (χ3v) is 2.83. The van der Waals surface area contributed by atoms with E-state index in [2.05, 4.69) is 15.3 Å². The predicted octanol–water partition coefficient (Wildman–Crippen LogP) is 3.36. The van der Waals surface area contributed by atoms with E-state index in [1.54, 1.807) is 26.0 Å². The maximum atomic E-state index is 11.6. The molecule has 0 bridgehead atoms. The van der Waals surface area contributed by atoms with Crippen molar-refractivity contribution >= 4 is 29.2 Å². The molecule has 0 aliphatic carbocycles. The molecule has 0 radical (unpaired) electrons. The standard InChI is InChI=1S/C14H14ClN3O2/c1-3-20-13(19)12-8-16-14(17-9(12)2)18-11-6-4-10(15)5-7-11/h4-8H,3H2,1-2H3,(H,16,17,18). The molecule has 5 nitrogen and oxygen atoms in total. The third kappa shape index (κ3) is 3.45. The lowest BCUT2D eigenvalue weighted by Gasteiger charge is -2.08. The van der Waals surface area contributed by atoms with Crippen molar-refractivity contribution in [2.24, 2.45) is 0 Å². The fraction of sp³-hybridized carbons (Fsp3) is 0.214. The highest BCUT2D eigenvalue weighted by Gasteiger charge is 2.12. The molecule has 6 heteroatoms. The van der Waals surface area contributed by atoms with Crippen molar-refractivity contribution < 1.29 is 9.53 Å². The predicted molar refractivity (Wildman–Crippen MR) is 77.5 cm³/mol. The van der Waals surface area contributed by atoms with Gasteiger partial charge in [-0.3, -0.25) is 0 Å². The van der Waals surface area contributed by atoms with E-state index in [0.29, 0.717) is 28.8 Å². The minimum absolute atomic E-state index is 0.322. The van der Waals surface area contributed by atoms with Crippen molar-refractivity contribution in [3.05, 3.63) is 46.7 Å². The molecule has 0 fully saturated rings. The summed E-state index contributed by atoms with van der Waals surface area (Å²) in [6.07, 6.45) is 1.46. The highest BCUT2D eigenvalue weighted by molar-refractivity contribution is 6.30. The first kappa shape index (κ1) is 14.3. The van der Waals surface area contributed by atoms with Crippen molar-refractivity contribution in [3.8, 4) is 0 Å². The minimum Gasteiger partial charge on any atom is -0.462 e. The van der Waals surface area contributed by atoms with Gasteiger partial charge in [0, 0.05) is 16.9 Å². The van der Waals surface area contributed by atoms with Gasteiger partial charge < -0.3 is 10.1 Å². The first-order valence-electron chi connectivity index (χ1n) is 6.13. The number of ether oxygens (including phenoxy) is 1. The summed E-state index contributed by atoms with van der Waals surface area (Å²) in [6, 6.07) is 7.17. The second-order valence-corrected chi connectivity index (χ2v) is 4.48. The van der Waals surface area contributed by atoms with Gasteiger partial charge in [0.2, 0.25) is 5.95 Å². The zero-order valence-electron chi connectivity index (χ0n) is 11.2. The summed E-state index contributed by atoms with van der Waals surface area (Å²) in [5.41, 5.74) is 1.75. The molecule has 104 valence electrons. The van der Waals surface area contributed by atoms with Gasteiger partial charge in [0.05, 0.1) is 17.9 Å². The van der Waals surface area contributed by atoms with Crippen LogP contribution in [-0.2, 0) is 4.74 Å². The second-order valence-electron chi connectivity index (χ2n) is 4.05. The average molecular weight is 292 g/mol. The Labute approximate surface area is 122 Å². The van der Waals surface area contributed by atoms with Crippen LogP contribution in [0.4, 0.5) is 11.6 Å². The van der Waals surface area contributed by atoms with Crippen LogP contribution in [0.2, 0.25) is 5.02 Å². The number of anilines is 2. The van der Waals surface area contributed by atoms with Crippen molar-refractivity contribution in [3.63, 3.8) is 0 Å². The molecule has 2 aromatic rings. The van der Waals surface area contributed by atoms with Gasteiger partial charge in [-0.1, -0.05) is 11.6 Å². The Morgan fingerprint density at radius 2 is 2.05 bits per heavy atom. The summed E-state index contributed by atoms with van der Waals surface area (Å²) in [7, 11) is 0. The molecule has 1 aromatic heterocycles. The van der Waals surface area contributed by atoms with Crippen molar-refractivity contribution in [1.29, 1.82) is 0 Å². The van der Waals surface area contributed by atoms with Gasteiger partial charge in [-0.05, 0) is 38.1 Å². The Hall–Kier alpha value is -2.14. The molecule has 0 aliphatic heterocycles. The minimum atomic E-state index is -0.414. The molecule has 0 spiro atoms. The fourth-order valence-electron chi connectivity index (χ4n) is 1.60. The SMILES string of the molecule is CCOC(=O)c1cnc(Nc2ccc(Cl)cc2)nc1C. The van der Waals surface area contributed by atoms with Crippen LogP contribution in [0.5, 0.6) is 0 Å². The monoisotopic (exact) mass is 291 g/mol. The van der Waals surface area contributed by atoms with Crippen LogP contribution in [0.15, 0.2) is 30.5 Å². The number of nitrogens with one attached hydrogen (secondary N) is 1. The molecule has 20 heavy (non-hydrogen) atoms. The van der Waals surface area contributed by atoms with Gasteiger partial charge in [-0.25, -0.2) is 14.8 Å². The van der Waals surface area contributed by atoms with E-state index < -0.39 is 5.97 Å². The van der Waals surface area contributed by atoms with E-state index in [1.165, 1.54) is 6.20 Å². The van der Waals surface area contributed by atoms with Crippen LogP contribution in [-0.4, -0.2) is 22.5 Å². The van der Waals surface area contributed by atoms with Crippen LogP contribution >= 0.6 is 11.6 Å². The number of benzene rings is 1. The van der Waals surface area contributed by atoms with Gasteiger partial charge in [-0.15, -0.1) is 0 Å². The molecule has 1 aromatic carbocycles. The van der Waals surface area contributed by atoms with Crippen LogP contribution in [0.1, 0.15) is 23.0 Å². The first-order chi connectivity index (χ1) is 9.60. The molecule has 0 aliphatic rings. The third-order valence-electron chi connectivity index (χ3n) is 2.58. The number of aryl methyl sites for hydroxylation is 1. The van der Waals surface area contributed by atoms with Crippen molar-refractivity contribution in [1.82, 2.24) is 9.97 Å². The number of carbonyl (C=O) groups is 1. The molecule has 1 heterocycles. The Kier molecular flexibility index (Phi) is 4.53. The van der Waals surface area contributed by atoms with E-state index in [1.807, 2.05) is 12.1 Å². The summed E-state index contributed by atoms with van der Waals surface area (Å²) in [6.45, 7) is 3.81. The molecular formula is C14H14ClN3O2. The van der Waals surface area contributed by atoms with E-state index in [9.17, 15) is 4.79 Å². The zero-order valence-corrected chi connectivity index (χ0v) is 11.9. The Balaban J connectivity index is 2.16. The van der Waals surface area contributed by atoms with Crippen molar-refractivity contribution in [2.75, 3.05) is 11.9 Å². The first-order valence-corrected chi connectivity index (χ1v) is 6.51. The Morgan fingerprint density at radius 1 is 1.35 bits per heavy atom. The quantitative estimate of drug-likeness (QED) is 0.875. The molecule has 0 amide bonds. The largest absolute Gasteiger partial charge is 0.462 e. The maximum absolute atomic E-state index is 11.6. The van der Waals surface area contributed by atoms with Crippen LogP contribution in [0.25, 0.3) is 0 Å². The number of hydrogen-bond acceptors (Lipinski definition) is 5. The van der Waals surface area contributed by atoms with Crippen LogP contribution in [0.3, 0.4) is 0 Å². The smallest absolute Gasteiger partial charge is 0.341 e. The number of aromatic nitrogens is 2. The van der Waals surface area contributed by atoms with E-state index in [-0.39, 0.29) is 0 Å². The number of halogens is 1. The lowest BCUT2D eigenvalue weighted by atomic mass is 10.2. The molecule has 2 rings (SSSR count). The molecular weight excluding hydrogens is 278 g/mol. The summed E-state index contributed by atoms with van der Waals surface area (Å²) in [4.78, 5) is 20.0. The molecule has 0 saturated carbocycles. The highest BCUT2D eigenvalue weighted by atomic mass is 35.5.